The van der Waals surface area contributed by atoms with Crippen molar-refractivity contribution >= 4 is 5.78 Å². The molecule has 1 nitrogen and oxygen atoms in total. The molecule has 0 aromatic carbocycles. The topological polar surface area (TPSA) is 17.1 Å². The predicted octanol–water partition coefficient (Wildman–Crippen LogP) is 3.76. The van der Waals surface area contributed by atoms with Crippen molar-refractivity contribution in [3.63, 3.8) is 0 Å². The van der Waals surface area contributed by atoms with E-state index in [9.17, 15) is 4.79 Å². The molecule has 2 unspecified atom stereocenters. The van der Waals surface area contributed by atoms with Crippen molar-refractivity contribution in [1.29, 1.82) is 0 Å². The number of Topliss-reactive ketones (excluding diaryl/α,β-unsaturated/α-hetero) is 1. The van der Waals surface area contributed by atoms with Gasteiger partial charge >= 0.3 is 0 Å². The molecule has 80 valence electrons. The molecular weight excluding hydrogens is 172 g/mol. The third-order valence-corrected chi connectivity index (χ3v) is 2.22. The first-order chi connectivity index (χ1) is 6.63. The van der Waals surface area contributed by atoms with Crippen LogP contribution in [0.4, 0.5) is 0 Å². The van der Waals surface area contributed by atoms with Crippen LogP contribution < -0.4 is 0 Å². The number of rotatable bonds is 6. The third-order valence-electron chi connectivity index (χ3n) is 2.22. The zero-order valence-electron chi connectivity index (χ0n) is 9.79. The van der Waals surface area contributed by atoms with Crippen molar-refractivity contribution in [3.05, 3.63) is 24.3 Å². The van der Waals surface area contributed by atoms with Gasteiger partial charge in [-0.1, -0.05) is 52.0 Å². The van der Waals surface area contributed by atoms with E-state index in [2.05, 4.69) is 26.0 Å². The molecule has 14 heavy (non-hydrogen) atoms. The molecule has 0 saturated heterocycles. The fourth-order valence-electron chi connectivity index (χ4n) is 1.28. The van der Waals surface area contributed by atoms with E-state index in [4.69, 9.17) is 0 Å². The Hall–Kier alpha value is -0.850. The fraction of sp³-hybridized carbons (Fsp3) is 0.615. The maximum Gasteiger partial charge on any atom is 0.145 e. The number of allylic oxidation sites excluding steroid dienone is 4. The number of carbonyl (C=O) groups excluding carboxylic acids is 1. The Balaban J connectivity index is 4.16. The minimum Gasteiger partial charge on any atom is -0.298 e. The van der Waals surface area contributed by atoms with E-state index in [1.54, 1.807) is 0 Å². The first-order valence-electron chi connectivity index (χ1n) is 5.50. The molecule has 1 heteroatoms. The summed E-state index contributed by atoms with van der Waals surface area (Å²) >= 11 is 0. The van der Waals surface area contributed by atoms with Gasteiger partial charge in [-0.2, -0.15) is 0 Å². The standard InChI is InChI=1S/C13H22O/c1-5-7-9-11(3)13(14)12(4)10-8-6-2/h7-12H,5-6H2,1-4H3/b9-7-,10-8-. The molecule has 0 radical (unpaired) electrons. The van der Waals surface area contributed by atoms with Gasteiger partial charge in [0.05, 0.1) is 0 Å². The van der Waals surface area contributed by atoms with Gasteiger partial charge in [0.25, 0.3) is 0 Å². The molecule has 0 rings (SSSR count). The highest BCUT2D eigenvalue weighted by Crippen LogP contribution is 2.10. The van der Waals surface area contributed by atoms with Crippen molar-refractivity contribution in [2.45, 2.75) is 40.5 Å². The smallest absolute Gasteiger partial charge is 0.145 e. The molecule has 0 spiro atoms. The van der Waals surface area contributed by atoms with Gasteiger partial charge < -0.3 is 0 Å². The molecular formula is C13H22O. The van der Waals surface area contributed by atoms with Crippen LogP contribution >= 0.6 is 0 Å². The van der Waals surface area contributed by atoms with Crippen LogP contribution in [0.5, 0.6) is 0 Å². The van der Waals surface area contributed by atoms with E-state index in [0.29, 0.717) is 5.78 Å². The van der Waals surface area contributed by atoms with E-state index in [0.717, 1.165) is 12.8 Å². The Bertz CT molecular complexity index is 191. The highest BCUT2D eigenvalue weighted by molar-refractivity contribution is 5.85. The lowest BCUT2D eigenvalue weighted by Gasteiger charge is -2.09. The summed E-state index contributed by atoms with van der Waals surface area (Å²) in [6.45, 7) is 8.08. The zero-order valence-corrected chi connectivity index (χ0v) is 9.79. The van der Waals surface area contributed by atoms with Gasteiger partial charge in [0.1, 0.15) is 5.78 Å². The van der Waals surface area contributed by atoms with Gasteiger partial charge in [-0.05, 0) is 12.8 Å². The maximum absolute atomic E-state index is 11.8. The first kappa shape index (κ1) is 13.2. The molecule has 0 heterocycles. The summed E-state index contributed by atoms with van der Waals surface area (Å²) in [5, 5.41) is 0. The van der Waals surface area contributed by atoms with Gasteiger partial charge in [-0.25, -0.2) is 0 Å². The summed E-state index contributed by atoms with van der Waals surface area (Å²) in [7, 11) is 0. The van der Waals surface area contributed by atoms with Crippen LogP contribution in [0.25, 0.3) is 0 Å². The van der Waals surface area contributed by atoms with Gasteiger partial charge in [-0.15, -0.1) is 0 Å². The second kappa shape index (κ2) is 7.54. The van der Waals surface area contributed by atoms with Crippen molar-refractivity contribution in [2.24, 2.45) is 11.8 Å². The van der Waals surface area contributed by atoms with Crippen LogP contribution in [-0.2, 0) is 4.79 Å². The van der Waals surface area contributed by atoms with E-state index >= 15 is 0 Å². The van der Waals surface area contributed by atoms with Crippen molar-refractivity contribution in [2.75, 3.05) is 0 Å². The van der Waals surface area contributed by atoms with E-state index in [1.165, 1.54) is 0 Å². The van der Waals surface area contributed by atoms with Crippen LogP contribution in [0.15, 0.2) is 24.3 Å². The third kappa shape index (κ3) is 5.00. The van der Waals surface area contributed by atoms with E-state index in [-0.39, 0.29) is 11.8 Å². The molecule has 0 aromatic heterocycles. The maximum atomic E-state index is 11.8. The monoisotopic (exact) mass is 194 g/mol. The summed E-state index contributed by atoms with van der Waals surface area (Å²) < 4.78 is 0. The lowest BCUT2D eigenvalue weighted by molar-refractivity contribution is -0.123. The van der Waals surface area contributed by atoms with Crippen molar-refractivity contribution in [3.8, 4) is 0 Å². The van der Waals surface area contributed by atoms with Crippen LogP contribution in [-0.4, -0.2) is 5.78 Å². The van der Waals surface area contributed by atoms with E-state index < -0.39 is 0 Å². The van der Waals surface area contributed by atoms with Gasteiger partial charge in [0.2, 0.25) is 0 Å². The minimum absolute atomic E-state index is 0.0476. The quantitative estimate of drug-likeness (QED) is 0.588. The largest absolute Gasteiger partial charge is 0.298 e. The summed E-state index contributed by atoms with van der Waals surface area (Å²) in [6, 6.07) is 0. The minimum atomic E-state index is 0.0476. The number of hydrogen-bond acceptors (Lipinski definition) is 1. The summed E-state index contributed by atoms with van der Waals surface area (Å²) in [5.41, 5.74) is 0. The second-order valence-electron chi connectivity index (χ2n) is 3.65. The van der Waals surface area contributed by atoms with Crippen LogP contribution in [0.1, 0.15) is 40.5 Å². The zero-order chi connectivity index (χ0) is 11.0. The molecule has 0 fully saturated rings. The van der Waals surface area contributed by atoms with Crippen LogP contribution in [0, 0.1) is 11.8 Å². The predicted molar refractivity (Wildman–Crippen MR) is 62.2 cm³/mol. The lowest BCUT2D eigenvalue weighted by Crippen LogP contribution is -2.15. The Morgan fingerprint density at radius 3 is 1.64 bits per heavy atom. The first-order valence-corrected chi connectivity index (χ1v) is 5.50. The van der Waals surface area contributed by atoms with Gasteiger partial charge in [0.15, 0.2) is 0 Å². The second-order valence-corrected chi connectivity index (χ2v) is 3.65. The molecule has 0 aliphatic rings. The highest BCUT2D eigenvalue weighted by Gasteiger charge is 2.14. The molecule has 2 atom stereocenters. The Labute approximate surface area is 87.9 Å². The number of ketones is 1. The lowest BCUT2D eigenvalue weighted by atomic mass is 9.94. The average molecular weight is 194 g/mol. The fourth-order valence-corrected chi connectivity index (χ4v) is 1.28. The Kier molecular flexibility index (Phi) is 7.09. The van der Waals surface area contributed by atoms with E-state index in [1.807, 2.05) is 26.0 Å². The van der Waals surface area contributed by atoms with Crippen molar-refractivity contribution < 1.29 is 4.79 Å². The van der Waals surface area contributed by atoms with Gasteiger partial charge in [0, 0.05) is 11.8 Å². The molecule has 0 aliphatic heterocycles. The van der Waals surface area contributed by atoms with Crippen LogP contribution in [0.2, 0.25) is 0 Å². The summed E-state index contributed by atoms with van der Waals surface area (Å²) in [6.07, 6.45) is 10.1. The molecule has 0 N–H and O–H groups in total. The Morgan fingerprint density at radius 1 is 1.00 bits per heavy atom. The number of hydrogen-bond donors (Lipinski definition) is 0. The molecule has 0 bridgehead atoms. The molecule has 0 aliphatic carbocycles. The molecule has 0 saturated carbocycles. The number of carbonyl (C=O) groups is 1. The highest BCUT2D eigenvalue weighted by atomic mass is 16.1. The van der Waals surface area contributed by atoms with Crippen molar-refractivity contribution in [1.82, 2.24) is 0 Å². The molecule has 0 aromatic rings. The summed E-state index contributed by atoms with van der Waals surface area (Å²) in [4.78, 5) is 11.8. The van der Waals surface area contributed by atoms with Gasteiger partial charge in [-0.3, -0.25) is 4.79 Å². The Morgan fingerprint density at radius 2 is 1.36 bits per heavy atom. The summed E-state index contributed by atoms with van der Waals surface area (Å²) in [5.74, 6) is 0.400. The average Bonchev–Trinajstić information content (AvgIpc) is 2.21. The van der Waals surface area contributed by atoms with Crippen LogP contribution in [0.3, 0.4) is 0 Å². The molecule has 0 amide bonds. The normalized spacial score (nSPS) is 16.3. The SMILES string of the molecule is CC/C=C\C(C)C(=O)C(C)/C=C\CC.